The lowest BCUT2D eigenvalue weighted by molar-refractivity contribution is 0.468. The van der Waals surface area contributed by atoms with E-state index in [1.54, 1.807) is 0 Å². The Morgan fingerprint density at radius 2 is 1.93 bits per heavy atom. The smallest absolute Gasteiger partial charge is 0.242 e. The third kappa shape index (κ3) is 2.08. The summed E-state index contributed by atoms with van der Waals surface area (Å²) in [5.74, 6) is -0.0899. The Morgan fingerprint density at radius 1 is 1.36 bits per heavy atom. The van der Waals surface area contributed by atoms with E-state index in [4.69, 9.17) is 0 Å². The van der Waals surface area contributed by atoms with E-state index in [-0.39, 0.29) is 10.6 Å². The van der Waals surface area contributed by atoms with Gasteiger partial charge >= 0.3 is 0 Å². The van der Waals surface area contributed by atoms with E-state index in [0.717, 1.165) is 4.31 Å². The lowest BCUT2D eigenvalue weighted by Crippen LogP contribution is -2.22. The van der Waals surface area contributed by atoms with Crippen LogP contribution in [0.25, 0.3) is 0 Å². The van der Waals surface area contributed by atoms with Crippen LogP contribution >= 0.6 is 15.9 Å². The largest absolute Gasteiger partial charge is 0.507 e. The first kappa shape index (κ1) is 11.5. The van der Waals surface area contributed by atoms with Gasteiger partial charge in [0.15, 0.2) is 0 Å². The molecule has 4 nitrogen and oxygen atoms in total. The maximum Gasteiger partial charge on any atom is 0.242 e. The van der Waals surface area contributed by atoms with E-state index in [9.17, 15) is 13.5 Å². The fraction of sp³-hybridized carbons (Fsp3) is 0.250. The summed E-state index contributed by atoms with van der Waals surface area (Å²) >= 11 is 3.07. The molecular formula is C8H10BrNO3S. The fourth-order valence-electron chi connectivity index (χ4n) is 0.864. The second-order valence-electron chi connectivity index (χ2n) is 2.90. The second kappa shape index (κ2) is 3.88. The summed E-state index contributed by atoms with van der Waals surface area (Å²) in [6.07, 6.45) is 0. The number of rotatable bonds is 2. The number of benzene rings is 1. The zero-order valence-electron chi connectivity index (χ0n) is 7.73. The van der Waals surface area contributed by atoms with Crippen LogP contribution in [0.1, 0.15) is 0 Å². The summed E-state index contributed by atoms with van der Waals surface area (Å²) in [6, 6.07) is 4.13. The summed E-state index contributed by atoms with van der Waals surface area (Å²) < 4.78 is 24.8. The van der Waals surface area contributed by atoms with Crippen LogP contribution in [0.3, 0.4) is 0 Å². The van der Waals surface area contributed by atoms with E-state index in [1.165, 1.54) is 32.3 Å². The molecule has 78 valence electrons. The Morgan fingerprint density at radius 3 is 2.36 bits per heavy atom. The van der Waals surface area contributed by atoms with Crippen molar-refractivity contribution in [3.8, 4) is 5.75 Å². The van der Waals surface area contributed by atoms with Gasteiger partial charge in [0.1, 0.15) is 5.75 Å². The number of phenols is 1. The molecule has 1 aromatic carbocycles. The van der Waals surface area contributed by atoms with Crippen molar-refractivity contribution in [1.82, 2.24) is 4.31 Å². The predicted molar refractivity (Wildman–Crippen MR) is 56.7 cm³/mol. The third-order valence-electron chi connectivity index (χ3n) is 1.70. The van der Waals surface area contributed by atoms with Gasteiger partial charge in [0, 0.05) is 20.2 Å². The third-order valence-corrected chi connectivity index (χ3v) is 4.18. The first-order valence-corrected chi connectivity index (χ1v) is 6.00. The molecule has 1 aromatic rings. The van der Waals surface area contributed by atoms with Crippen molar-refractivity contribution in [1.29, 1.82) is 0 Å². The van der Waals surface area contributed by atoms with Gasteiger partial charge in [-0.1, -0.05) is 0 Å². The van der Waals surface area contributed by atoms with Crippen LogP contribution in [0.15, 0.2) is 27.6 Å². The van der Waals surface area contributed by atoms with Gasteiger partial charge in [-0.25, -0.2) is 12.7 Å². The molecule has 0 radical (unpaired) electrons. The van der Waals surface area contributed by atoms with Crippen LogP contribution in [-0.2, 0) is 10.0 Å². The molecule has 0 atom stereocenters. The Labute approximate surface area is 91.3 Å². The molecule has 0 amide bonds. The number of halogens is 1. The monoisotopic (exact) mass is 279 g/mol. The van der Waals surface area contributed by atoms with Crippen molar-refractivity contribution in [2.45, 2.75) is 4.90 Å². The quantitative estimate of drug-likeness (QED) is 0.891. The number of hydrogen-bond acceptors (Lipinski definition) is 3. The molecule has 1 rings (SSSR count). The summed E-state index contributed by atoms with van der Waals surface area (Å²) in [5, 5.41) is 9.32. The minimum atomic E-state index is -3.46. The molecule has 0 aliphatic rings. The molecule has 0 unspecified atom stereocenters. The number of phenolic OH excluding ortho intramolecular Hbond substituents is 1. The topological polar surface area (TPSA) is 57.6 Å². The maximum absolute atomic E-state index is 11.6. The number of nitrogens with zero attached hydrogens (tertiary/aromatic N) is 1. The van der Waals surface area contributed by atoms with Crippen molar-refractivity contribution < 1.29 is 13.5 Å². The van der Waals surface area contributed by atoms with E-state index >= 15 is 0 Å². The van der Waals surface area contributed by atoms with Crippen LogP contribution in [-0.4, -0.2) is 31.9 Å². The van der Waals surface area contributed by atoms with Gasteiger partial charge in [0.25, 0.3) is 0 Å². The Kier molecular flexibility index (Phi) is 3.18. The predicted octanol–water partition coefficient (Wildman–Crippen LogP) is 1.41. The molecule has 0 spiro atoms. The molecule has 0 fully saturated rings. The van der Waals surface area contributed by atoms with Crippen LogP contribution in [0, 0.1) is 0 Å². The molecule has 0 aliphatic carbocycles. The van der Waals surface area contributed by atoms with Gasteiger partial charge in [-0.15, -0.1) is 0 Å². The molecule has 0 heterocycles. The highest BCUT2D eigenvalue weighted by Gasteiger charge is 2.17. The number of hydrogen-bond donors (Lipinski definition) is 1. The Bertz CT molecular complexity index is 442. The number of sulfonamides is 1. The van der Waals surface area contributed by atoms with Gasteiger partial charge in [-0.3, -0.25) is 0 Å². The zero-order chi connectivity index (χ0) is 10.9. The Hall–Kier alpha value is -0.590. The molecular weight excluding hydrogens is 270 g/mol. The summed E-state index contributed by atoms with van der Waals surface area (Å²) in [4.78, 5) is 0.0724. The average molecular weight is 280 g/mol. The lowest BCUT2D eigenvalue weighted by atomic mass is 10.3. The SMILES string of the molecule is CN(C)S(=O)(=O)c1ccc(Br)c(O)c1. The van der Waals surface area contributed by atoms with Crippen LogP contribution in [0.4, 0.5) is 0 Å². The van der Waals surface area contributed by atoms with Crippen molar-refractivity contribution in [2.75, 3.05) is 14.1 Å². The van der Waals surface area contributed by atoms with E-state index in [2.05, 4.69) is 15.9 Å². The highest BCUT2D eigenvalue weighted by Crippen LogP contribution is 2.27. The van der Waals surface area contributed by atoms with Crippen molar-refractivity contribution in [3.63, 3.8) is 0 Å². The molecule has 6 heteroatoms. The summed E-state index contributed by atoms with van der Waals surface area (Å²) in [5.41, 5.74) is 0. The van der Waals surface area contributed by atoms with Crippen molar-refractivity contribution >= 4 is 26.0 Å². The molecule has 14 heavy (non-hydrogen) atoms. The zero-order valence-corrected chi connectivity index (χ0v) is 10.1. The molecule has 1 N–H and O–H groups in total. The van der Waals surface area contributed by atoms with E-state index < -0.39 is 10.0 Å². The van der Waals surface area contributed by atoms with E-state index in [0.29, 0.717) is 4.47 Å². The lowest BCUT2D eigenvalue weighted by Gasteiger charge is -2.11. The minimum Gasteiger partial charge on any atom is -0.507 e. The van der Waals surface area contributed by atoms with Gasteiger partial charge in [-0.2, -0.15) is 0 Å². The minimum absolute atomic E-state index is 0.0724. The van der Waals surface area contributed by atoms with Crippen molar-refractivity contribution in [2.24, 2.45) is 0 Å². The van der Waals surface area contributed by atoms with Gasteiger partial charge in [-0.05, 0) is 28.1 Å². The van der Waals surface area contributed by atoms with Crippen LogP contribution < -0.4 is 0 Å². The van der Waals surface area contributed by atoms with E-state index in [1.807, 2.05) is 0 Å². The molecule has 0 bridgehead atoms. The highest BCUT2D eigenvalue weighted by molar-refractivity contribution is 9.10. The average Bonchev–Trinajstić information content (AvgIpc) is 2.09. The molecule has 0 aromatic heterocycles. The second-order valence-corrected chi connectivity index (χ2v) is 5.91. The number of aromatic hydroxyl groups is 1. The summed E-state index contributed by atoms with van der Waals surface area (Å²) in [7, 11) is -0.586. The molecule has 0 aliphatic heterocycles. The molecule has 0 saturated carbocycles. The fourth-order valence-corrected chi connectivity index (χ4v) is 2.03. The maximum atomic E-state index is 11.6. The van der Waals surface area contributed by atoms with Crippen LogP contribution in [0.5, 0.6) is 5.75 Å². The highest BCUT2D eigenvalue weighted by atomic mass is 79.9. The molecule has 0 saturated heterocycles. The van der Waals surface area contributed by atoms with Gasteiger partial charge in [0.05, 0.1) is 9.37 Å². The van der Waals surface area contributed by atoms with Crippen molar-refractivity contribution in [3.05, 3.63) is 22.7 Å². The van der Waals surface area contributed by atoms with Crippen LogP contribution in [0.2, 0.25) is 0 Å². The first-order chi connectivity index (χ1) is 6.35. The first-order valence-electron chi connectivity index (χ1n) is 3.77. The normalized spacial score (nSPS) is 12.0. The standard InChI is InChI=1S/C8H10BrNO3S/c1-10(2)14(12,13)6-3-4-7(9)8(11)5-6/h3-5,11H,1-2H3. The van der Waals surface area contributed by atoms with Gasteiger partial charge in [0.2, 0.25) is 10.0 Å². The summed E-state index contributed by atoms with van der Waals surface area (Å²) in [6.45, 7) is 0. The Balaban J connectivity index is 3.29. The van der Waals surface area contributed by atoms with Gasteiger partial charge < -0.3 is 5.11 Å².